The molecular formula is C91H109BrCl2N8O21S. The van der Waals surface area contributed by atoms with Crippen molar-refractivity contribution in [3.63, 3.8) is 0 Å². The van der Waals surface area contributed by atoms with Crippen LogP contribution in [0.2, 0.25) is 10.0 Å². The van der Waals surface area contributed by atoms with Gasteiger partial charge in [-0.1, -0.05) is 103 Å². The molecule has 0 bridgehead atoms. The lowest BCUT2D eigenvalue weighted by Crippen LogP contribution is -2.48. The molecule has 8 fully saturated rings. The number of Topliss-reactive ketones (excluding diaryl/α,β-unsaturated/α-hetero) is 2. The molecule has 8 aliphatic rings. The number of halogens is 3. The molecule has 2 saturated heterocycles. The third-order valence-electron chi connectivity index (χ3n) is 25.4. The van der Waals surface area contributed by atoms with Gasteiger partial charge in [-0.05, 0) is 174 Å². The van der Waals surface area contributed by atoms with E-state index in [0.717, 1.165) is 25.7 Å². The highest BCUT2D eigenvalue weighted by atomic mass is 79.9. The van der Waals surface area contributed by atoms with Crippen LogP contribution in [0.1, 0.15) is 159 Å². The highest BCUT2D eigenvalue weighted by molar-refractivity contribution is 9.10. The number of carboxylic acid groups (broad SMARTS) is 1. The van der Waals surface area contributed by atoms with E-state index >= 15 is 0 Å². The second-order valence-electron chi connectivity index (χ2n) is 37.0. The van der Waals surface area contributed by atoms with Gasteiger partial charge >= 0.3 is 23.9 Å². The number of carbonyl (C=O) groups excluding carboxylic acids is 7. The summed E-state index contributed by atoms with van der Waals surface area (Å²) in [4.78, 5) is 132. The summed E-state index contributed by atoms with van der Waals surface area (Å²) in [7, 11) is 0.0657. The summed E-state index contributed by atoms with van der Waals surface area (Å²) in [6, 6.07) is 17.7. The molecule has 124 heavy (non-hydrogen) atoms. The van der Waals surface area contributed by atoms with Crippen molar-refractivity contribution in [3.8, 4) is 40.0 Å². The van der Waals surface area contributed by atoms with Crippen molar-refractivity contribution in [2.75, 3.05) is 45.1 Å². The summed E-state index contributed by atoms with van der Waals surface area (Å²) in [5, 5.41) is 26.3. The van der Waals surface area contributed by atoms with E-state index in [9.17, 15) is 56.7 Å². The van der Waals surface area contributed by atoms with E-state index in [2.05, 4.69) is 55.0 Å². The van der Waals surface area contributed by atoms with Crippen LogP contribution in [0.5, 0.6) is 17.2 Å². The lowest BCUT2D eigenvalue weighted by molar-refractivity contribution is -0.157. The van der Waals surface area contributed by atoms with Gasteiger partial charge in [-0.2, -0.15) is 8.42 Å². The number of esters is 3. The number of hydrogen-bond donors (Lipinski definition) is 4. The molecule has 6 saturated carbocycles. The highest BCUT2D eigenvalue weighted by Gasteiger charge is 2.63. The first-order chi connectivity index (χ1) is 58.6. The summed E-state index contributed by atoms with van der Waals surface area (Å²) >= 11 is 16.4. The number of carbonyl (C=O) groups is 8. The van der Waals surface area contributed by atoms with Crippen LogP contribution in [-0.4, -0.2) is 174 Å². The first kappa shape index (κ1) is 92.0. The van der Waals surface area contributed by atoms with Crippen molar-refractivity contribution in [2.45, 2.75) is 213 Å². The van der Waals surface area contributed by atoms with Gasteiger partial charge in [0.15, 0.2) is 17.0 Å². The molecule has 2 amide bonds. The highest BCUT2D eigenvalue weighted by Crippen LogP contribution is 2.59. The summed E-state index contributed by atoms with van der Waals surface area (Å²) in [6.45, 7) is 26.5. The molecule has 29 nitrogen and oxygen atoms in total. The molecule has 7 aromatic rings. The fraction of sp³-hybridized carbons (Fsp3) is 0.538. The molecule has 0 spiro atoms. The van der Waals surface area contributed by atoms with Gasteiger partial charge < -0.3 is 68.0 Å². The van der Waals surface area contributed by atoms with E-state index < -0.39 is 103 Å². The third-order valence-corrected chi connectivity index (χ3v) is 28.0. The zero-order valence-electron chi connectivity index (χ0n) is 71.9. The van der Waals surface area contributed by atoms with Crippen LogP contribution in [0.25, 0.3) is 44.6 Å². The summed E-state index contributed by atoms with van der Waals surface area (Å²) in [6.07, 6.45) is 6.97. The SMILES string of the molecule is C=C[C@@H]1C[C@]1(CC(=O)C1C[C@@H](OS(=O)(=O)c2ccc(Br)cc2)CN1C(=O)[C@@H](CC(=O)OC1C[C@@H]2C[C@@H]2C1)C(C)(C)C)C(=O)OC.C=C[C@@H]1C[C@]1(CC(=O)C1C[C@@H](Oc2cc(-c3cc(NC(C)C)on3)nc3c(Cl)c(OC)ccc23)CN1C(=O)[C@@H](CC(=O)OC1C[C@@H]2C[C@@H]2C1)C(C)(C)C)C(=O)O.COc1ccc2c(=O)cc(-c3cc(NC(C)C)on3)[nH]c2c1Cl. The van der Waals surface area contributed by atoms with Gasteiger partial charge in [0, 0.05) is 83.8 Å². The Morgan fingerprint density at radius 2 is 1.10 bits per heavy atom. The Balaban J connectivity index is 0.000000173. The Kier molecular flexibility index (Phi) is 27.2. The molecule has 4 N–H and O–H groups in total. The zero-order chi connectivity index (χ0) is 89.7. The van der Waals surface area contributed by atoms with E-state index in [1.54, 1.807) is 66.7 Å². The van der Waals surface area contributed by atoms with Gasteiger partial charge in [-0.25, -0.2) is 4.98 Å². The molecule has 16 atom stereocenters. The Labute approximate surface area is 738 Å². The van der Waals surface area contributed by atoms with Crippen molar-refractivity contribution in [2.24, 2.45) is 69.0 Å². The average Bonchev–Trinajstić information content (AvgIpc) is 1.57. The number of rotatable bonds is 31. The van der Waals surface area contributed by atoms with E-state index in [4.69, 9.17) is 69.8 Å². The Bertz CT molecular complexity index is 5450. The Hall–Kier alpha value is -9.69. The number of allylic oxidation sites excluding steroid dienone is 2. The number of amides is 2. The number of hydrogen-bond acceptors (Lipinski definition) is 25. The third kappa shape index (κ3) is 20.4. The van der Waals surface area contributed by atoms with Crippen molar-refractivity contribution in [1.29, 1.82) is 0 Å². The first-order valence-corrected chi connectivity index (χ1v) is 45.1. The normalized spacial score (nSPS) is 25.6. The molecule has 666 valence electrons. The number of nitrogens with one attached hydrogen (secondary N) is 3. The fourth-order valence-electron chi connectivity index (χ4n) is 18.1. The monoisotopic (exact) mass is 1830 g/mol. The van der Waals surface area contributed by atoms with Crippen molar-refractivity contribution in [1.82, 2.24) is 30.1 Å². The second-order valence-corrected chi connectivity index (χ2v) is 40.3. The summed E-state index contributed by atoms with van der Waals surface area (Å²) < 4.78 is 77.4. The minimum Gasteiger partial charge on any atom is -0.495 e. The lowest BCUT2D eigenvalue weighted by atomic mass is 9.77. The molecule has 3 aromatic carbocycles. The number of ketones is 2. The number of likely N-dealkylation sites (tertiary alicyclic amines) is 2. The number of benzene rings is 3. The van der Waals surface area contributed by atoms with Crippen LogP contribution in [0.15, 0.2) is 121 Å². The van der Waals surface area contributed by atoms with Crippen LogP contribution in [0.4, 0.5) is 11.8 Å². The molecule has 4 aromatic heterocycles. The number of aromatic amines is 1. The number of methoxy groups -OCH3 is 3. The molecule has 4 unspecified atom stereocenters. The van der Waals surface area contributed by atoms with Crippen molar-refractivity contribution < 1.29 is 93.5 Å². The van der Waals surface area contributed by atoms with Crippen molar-refractivity contribution in [3.05, 3.63) is 123 Å². The molecule has 6 heterocycles. The predicted molar refractivity (Wildman–Crippen MR) is 466 cm³/mol. The van der Waals surface area contributed by atoms with E-state index in [1.807, 2.05) is 69.2 Å². The number of aliphatic carboxylic acids is 1. The van der Waals surface area contributed by atoms with Gasteiger partial charge in [0.2, 0.25) is 23.6 Å². The van der Waals surface area contributed by atoms with Crippen LogP contribution in [0, 0.1) is 69.0 Å². The topological polar surface area (TPSA) is 384 Å². The molecule has 2 aliphatic heterocycles. The van der Waals surface area contributed by atoms with Gasteiger partial charge in [0.25, 0.3) is 10.1 Å². The second kappa shape index (κ2) is 36.7. The molecule has 33 heteroatoms. The van der Waals surface area contributed by atoms with Crippen LogP contribution >= 0.6 is 39.1 Å². The smallest absolute Gasteiger partial charge is 0.312 e. The fourth-order valence-corrected chi connectivity index (χ4v) is 20.1. The number of anilines is 2. The number of pyridine rings is 2. The van der Waals surface area contributed by atoms with Crippen LogP contribution in [-0.2, 0) is 66.9 Å². The maximum absolute atomic E-state index is 14.7. The van der Waals surface area contributed by atoms with Gasteiger partial charge in [-0.15, -0.1) is 13.2 Å². The Morgan fingerprint density at radius 1 is 0.621 bits per heavy atom. The predicted octanol–water partition coefficient (Wildman–Crippen LogP) is 15.9. The standard InChI is InChI=1S/C42H51ClN4O9.C33H42BrNO9S.C16H16ClN3O3/c1-8-24-18-42(24,40(51)52)19-32(48)31-14-26(20-47(31)39(50)28(41(4,5)6)15-36(49)55-25-12-22-11-23(22)13-25)54-34-16-29(30-17-35(56-46-30)44-21(2)3)45-38-27(34)9-10-33(53-7)37(38)43;1-6-21-16-33(21,31(39)42-5)17-28(36)27-14-24(44-45(40,41)25-9-7-22(34)8-10-25)18-35(27)30(38)26(32(2,3)4)15-29(37)43-23-12-19-11-20(19)13-23;1-8(2)18-14-7-11(20-23-14)10-6-12(21)9-4-5-13(22-3)15(17)16(9)19-10/h8-10,16-17,21-26,28,31,44H,1,11-15,18-20H2,2-7H3,(H,51,52);6-10,19-21,23-24,26-27H,1,11-18H2,2-5H3;4-8,18H,1-3H3,(H,19,21)/t22-,23+,24-,25?,26-,28-,31?,42-;19-,20+,21-,23?,24-,26-,27?,33-;/m11./s1. The van der Waals surface area contributed by atoms with E-state index in [1.165, 1.54) is 62.2 Å². The maximum Gasteiger partial charge on any atom is 0.312 e. The molecular weight excluding hydrogens is 1720 g/mol. The number of carboxylic acids is 1. The molecule has 0 radical (unpaired) electrons. The average molecular weight is 1830 g/mol. The van der Waals surface area contributed by atoms with Gasteiger partial charge in [-0.3, -0.25) is 47.3 Å². The van der Waals surface area contributed by atoms with E-state index in [-0.39, 0.29) is 115 Å². The number of fused-ring (bicyclic) bond motifs is 4. The number of nitrogens with zero attached hydrogens (tertiary/aromatic N) is 5. The Morgan fingerprint density at radius 3 is 1.58 bits per heavy atom. The van der Waals surface area contributed by atoms with E-state index in [0.29, 0.717) is 120 Å². The number of H-pyrrole nitrogens is 1. The van der Waals surface area contributed by atoms with Crippen LogP contribution in [0.3, 0.4) is 0 Å². The van der Waals surface area contributed by atoms with Gasteiger partial charge in [0.1, 0.15) is 57.0 Å². The quantitative estimate of drug-likeness (QED) is 0.0136. The number of ether oxygens (including phenoxy) is 6. The minimum absolute atomic E-state index is 0.0171. The minimum atomic E-state index is -4.23. The molecule has 15 rings (SSSR count). The largest absolute Gasteiger partial charge is 0.495 e. The summed E-state index contributed by atoms with van der Waals surface area (Å²) in [5.74, 6) is -1.56. The summed E-state index contributed by atoms with van der Waals surface area (Å²) in [5.41, 5.74) is -1.07. The first-order valence-electron chi connectivity index (χ1n) is 42.1. The van der Waals surface area contributed by atoms with Crippen LogP contribution < -0.4 is 30.3 Å². The number of aromatic nitrogens is 4. The lowest BCUT2D eigenvalue weighted by Gasteiger charge is -2.35. The zero-order valence-corrected chi connectivity index (χ0v) is 75.9. The van der Waals surface area contributed by atoms with Crippen molar-refractivity contribution >= 4 is 130 Å². The maximum atomic E-state index is 14.7. The van der Waals surface area contributed by atoms with Gasteiger partial charge in [0.05, 0.1) is 109 Å². The molecule has 6 aliphatic carbocycles.